The van der Waals surface area contributed by atoms with Crippen LogP contribution in [-0.4, -0.2) is 36.1 Å². The lowest BCUT2D eigenvalue weighted by Crippen LogP contribution is -2.29. The van der Waals surface area contributed by atoms with Crippen LogP contribution >= 0.6 is 11.6 Å². The van der Waals surface area contributed by atoms with Gasteiger partial charge in [-0.15, -0.1) is 0 Å². The van der Waals surface area contributed by atoms with Gasteiger partial charge in [0.2, 0.25) is 0 Å². The molecule has 1 aromatic heterocycles. The first kappa shape index (κ1) is 10.3. The lowest BCUT2D eigenvalue weighted by Gasteiger charge is -2.23. The fourth-order valence-electron chi connectivity index (χ4n) is 2.80. The number of nitrogens with zero attached hydrogens (tertiary/aromatic N) is 3. The van der Waals surface area contributed by atoms with Crippen LogP contribution in [0.3, 0.4) is 0 Å². The van der Waals surface area contributed by atoms with Gasteiger partial charge >= 0.3 is 0 Å². The summed E-state index contributed by atoms with van der Waals surface area (Å²) in [6, 6.07) is 0. The average Bonchev–Trinajstić information content (AvgIpc) is 2.91. The Kier molecular flexibility index (Phi) is 2.48. The van der Waals surface area contributed by atoms with E-state index in [0.29, 0.717) is 10.4 Å². The van der Waals surface area contributed by atoms with Gasteiger partial charge in [-0.1, -0.05) is 11.6 Å². The minimum absolute atomic E-state index is 0.453. The second-order valence-electron chi connectivity index (χ2n) is 4.79. The summed E-state index contributed by atoms with van der Waals surface area (Å²) in [5.74, 6) is 0.889. The second kappa shape index (κ2) is 3.86. The van der Waals surface area contributed by atoms with Crippen molar-refractivity contribution in [3.63, 3.8) is 0 Å². The van der Waals surface area contributed by atoms with Crippen LogP contribution in [0, 0.1) is 5.41 Å². The van der Waals surface area contributed by atoms with Crippen molar-refractivity contribution in [2.75, 3.05) is 31.1 Å². The van der Waals surface area contributed by atoms with Gasteiger partial charge in [-0.2, -0.15) is 0 Å². The summed E-state index contributed by atoms with van der Waals surface area (Å²) >= 11 is 6.12. The fourth-order valence-corrected chi connectivity index (χ4v) is 3.02. The Morgan fingerprint density at radius 2 is 2.38 bits per heavy atom. The number of aromatic nitrogens is 2. The van der Waals surface area contributed by atoms with Crippen LogP contribution in [0.2, 0.25) is 5.02 Å². The van der Waals surface area contributed by atoms with Crippen molar-refractivity contribution in [1.82, 2.24) is 15.3 Å². The van der Waals surface area contributed by atoms with Gasteiger partial charge in [0.1, 0.15) is 11.3 Å². The highest BCUT2D eigenvalue weighted by molar-refractivity contribution is 6.32. The van der Waals surface area contributed by atoms with Crippen molar-refractivity contribution in [1.29, 1.82) is 0 Å². The molecule has 3 rings (SSSR count). The van der Waals surface area contributed by atoms with E-state index in [1.807, 2.05) is 0 Å². The Labute approximate surface area is 100 Å². The summed E-state index contributed by atoms with van der Waals surface area (Å²) in [5, 5.41) is 4.11. The standard InChI is InChI=1S/C11H15ClN4/c12-9-5-14-8-15-10(9)16-4-2-11(7-16)1-3-13-6-11/h5,8,13H,1-4,6-7H2. The predicted molar refractivity (Wildman–Crippen MR) is 63.8 cm³/mol. The van der Waals surface area contributed by atoms with Gasteiger partial charge in [0, 0.05) is 25.0 Å². The summed E-state index contributed by atoms with van der Waals surface area (Å²) < 4.78 is 0. The SMILES string of the molecule is Clc1cncnc1N1CCC2(CCNC2)C1. The molecule has 86 valence electrons. The van der Waals surface area contributed by atoms with Crippen molar-refractivity contribution in [3.8, 4) is 0 Å². The minimum Gasteiger partial charge on any atom is -0.355 e. The highest BCUT2D eigenvalue weighted by atomic mass is 35.5. The molecule has 2 fully saturated rings. The minimum atomic E-state index is 0.453. The van der Waals surface area contributed by atoms with Crippen LogP contribution in [0.25, 0.3) is 0 Å². The van der Waals surface area contributed by atoms with E-state index >= 15 is 0 Å². The highest BCUT2D eigenvalue weighted by Crippen LogP contribution is 2.38. The quantitative estimate of drug-likeness (QED) is 0.801. The number of nitrogens with one attached hydrogen (secondary N) is 1. The Morgan fingerprint density at radius 1 is 1.44 bits per heavy atom. The first-order valence-corrected chi connectivity index (χ1v) is 6.08. The van der Waals surface area contributed by atoms with Crippen molar-refractivity contribution < 1.29 is 0 Å². The van der Waals surface area contributed by atoms with Crippen molar-refractivity contribution >= 4 is 17.4 Å². The van der Waals surface area contributed by atoms with Crippen LogP contribution in [0.5, 0.6) is 0 Å². The monoisotopic (exact) mass is 238 g/mol. The van der Waals surface area contributed by atoms with Crippen LogP contribution in [-0.2, 0) is 0 Å². The predicted octanol–water partition coefficient (Wildman–Crippen LogP) is 1.32. The number of hydrogen-bond acceptors (Lipinski definition) is 4. The maximum atomic E-state index is 6.12. The first-order chi connectivity index (χ1) is 7.79. The summed E-state index contributed by atoms with van der Waals surface area (Å²) in [5.41, 5.74) is 0.453. The number of halogens is 1. The first-order valence-electron chi connectivity index (χ1n) is 5.70. The smallest absolute Gasteiger partial charge is 0.150 e. The van der Waals surface area contributed by atoms with Crippen molar-refractivity contribution in [2.45, 2.75) is 12.8 Å². The summed E-state index contributed by atoms with van der Waals surface area (Å²) in [6.45, 7) is 4.40. The third kappa shape index (κ3) is 1.66. The van der Waals surface area contributed by atoms with Crippen LogP contribution in [0.1, 0.15) is 12.8 Å². The van der Waals surface area contributed by atoms with Gasteiger partial charge in [-0.25, -0.2) is 9.97 Å². The van der Waals surface area contributed by atoms with E-state index < -0.39 is 0 Å². The van der Waals surface area contributed by atoms with Gasteiger partial charge in [0.05, 0.1) is 6.20 Å². The maximum absolute atomic E-state index is 6.12. The molecule has 0 aliphatic carbocycles. The Hall–Kier alpha value is -0.870. The molecule has 2 aliphatic heterocycles. The number of hydrogen-bond donors (Lipinski definition) is 1. The molecule has 5 heteroatoms. The van der Waals surface area contributed by atoms with E-state index in [-0.39, 0.29) is 0 Å². The molecule has 2 saturated heterocycles. The Bertz CT molecular complexity index is 389. The van der Waals surface area contributed by atoms with Gasteiger partial charge < -0.3 is 10.2 Å². The van der Waals surface area contributed by atoms with Crippen LogP contribution < -0.4 is 10.2 Å². The van der Waals surface area contributed by atoms with E-state index in [2.05, 4.69) is 20.2 Å². The lowest BCUT2D eigenvalue weighted by atomic mass is 9.87. The van der Waals surface area contributed by atoms with Crippen molar-refractivity contribution in [2.24, 2.45) is 5.41 Å². The van der Waals surface area contributed by atoms with E-state index in [1.54, 1.807) is 12.5 Å². The fraction of sp³-hybridized carbons (Fsp3) is 0.636. The highest BCUT2D eigenvalue weighted by Gasteiger charge is 2.41. The molecule has 0 radical (unpaired) electrons. The Balaban J connectivity index is 1.81. The molecule has 1 atom stereocenters. The number of anilines is 1. The zero-order valence-corrected chi connectivity index (χ0v) is 9.87. The molecule has 16 heavy (non-hydrogen) atoms. The molecule has 0 aromatic carbocycles. The molecule has 0 amide bonds. The molecule has 2 aliphatic rings. The average molecular weight is 239 g/mol. The largest absolute Gasteiger partial charge is 0.355 e. The molecule has 4 nitrogen and oxygen atoms in total. The molecule has 0 bridgehead atoms. The summed E-state index contributed by atoms with van der Waals surface area (Å²) in [6.07, 6.45) is 5.74. The Morgan fingerprint density at radius 3 is 3.12 bits per heavy atom. The molecule has 1 spiro atoms. The molecule has 1 N–H and O–H groups in total. The van der Waals surface area contributed by atoms with Crippen LogP contribution in [0.4, 0.5) is 5.82 Å². The van der Waals surface area contributed by atoms with E-state index in [4.69, 9.17) is 11.6 Å². The molecule has 3 heterocycles. The third-order valence-electron chi connectivity index (χ3n) is 3.72. The van der Waals surface area contributed by atoms with Crippen molar-refractivity contribution in [3.05, 3.63) is 17.5 Å². The maximum Gasteiger partial charge on any atom is 0.150 e. The van der Waals surface area contributed by atoms with Gasteiger partial charge in [0.15, 0.2) is 5.82 Å². The lowest BCUT2D eigenvalue weighted by molar-refractivity contribution is 0.369. The summed E-state index contributed by atoms with van der Waals surface area (Å²) in [7, 11) is 0. The van der Waals surface area contributed by atoms with E-state index in [1.165, 1.54) is 12.8 Å². The van der Waals surface area contributed by atoms with Gasteiger partial charge in [-0.3, -0.25) is 0 Å². The van der Waals surface area contributed by atoms with Crippen LogP contribution in [0.15, 0.2) is 12.5 Å². The second-order valence-corrected chi connectivity index (χ2v) is 5.20. The number of rotatable bonds is 1. The van der Waals surface area contributed by atoms with Gasteiger partial charge in [0.25, 0.3) is 0 Å². The molecule has 1 unspecified atom stereocenters. The normalized spacial score (nSPS) is 29.2. The van der Waals surface area contributed by atoms with E-state index in [9.17, 15) is 0 Å². The zero-order chi connectivity index (χ0) is 11.0. The molecular formula is C11H15ClN4. The third-order valence-corrected chi connectivity index (χ3v) is 3.98. The zero-order valence-electron chi connectivity index (χ0n) is 9.12. The summed E-state index contributed by atoms with van der Waals surface area (Å²) in [4.78, 5) is 10.5. The molecule has 1 aromatic rings. The topological polar surface area (TPSA) is 41.1 Å². The van der Waals surface area contributed by atoms with Gasteiger partial charge in [-0.05, 0) is 19.4 Å². The van der Waals surface area contributed by atoms with E-state index in [0.717, 1.165) is 32.0 Å². The molecular weight excluding hydrogens is 224 g/mol. The molecule has 0 saturated carbocycles.